The van der Waals surface area contributed by atoms with Crippen molar-refractivity contribution in [1.29, 1.82) is 0 Å². The molecule has 0 atom stereocenters. The van der Waals surface area contributed by atoms with Crippen LogP contribution >= 0.6 is 31.9 Å². The molecular formula is C14H18Br2O4. The maximum absolute atomic E-state index is 5.78. The second-order valence-corrected chi connectivity index (χ2v) is 5.38. The summed E-state index contributed by atoms with van der Waals surface area (Å²) in [6.07, 6.45) is 0. The number of fused-ring (bicyclic) bond motifs is 1. The van der Waals surface area contributed by atoms with E-state index >= 15 is 0 Å². The minimum absolute atomic E-state index is 0.506. The lowest BCUT2D eigenvalue weighted by Crippen LogP contribution is -2.16. The molecule has 1 aliphatic heterocycles. The van der Waals surface area contributed by atoms with Crippen molar-refractivity contribution in [3.8, 4) is 11.5 Å². The Balaban J connectivity index is 2.19. The van der Waals surface area contributed by atoms with Crippen LogP contribution in [-0.2, 0) is 20.1 Å². The fraction of sp³-hybridized carbons (Fsp3) is 0.571. The molecule has 6 heteroatoms. The van der Waals surface area contributed by atoms with E-state index in [0.29, 0.717) is 39.6 Å². The smallest absolute Gasteiger partial charge is 0.161 e. The van der Waals surface area contributed by atoms with Crippen molar-refractivity contribution in [2.45, 2.75) is 10.7 Å². The molecule has 1 aliphatic rings. The van der Waals surface area contributed by atoms with E-state index in [1.54, 1.807) is 0 Å². The molecule has 0 N–H and O–H groups in total. The predicted molar refractivity (Wildman–Crippen MR) is 84.3 cm³/mol. The highest BCUT2D eigenvalue weighted by molar-refractivity contribution is 9.09. The summed E-state index contributed by atoms with van der Waals surface area (Å²) >= 11 is 7.00. The molecule has 0 fully saturated rings. The van der Waals surface area contributed by atoms with Crippen LogP contribution < -0.4 is 9.47 Å². The monoisotopic (exact) mass is 408 g/mol. The number of hydrogen-bond acceptors (Lipinski definition) is 4. The van der Waals surface area contributed by atoms with Crippen LogP contribution in [0.1, 0.15) is 11.1 Å². The molecule has 0 aromatic heterocycles. The fourth-order valence-corrected chi connectivity index (χ4v) is 2.91. The van der Waals surface area contributed by atoms with Crippen molar-refractivity contribution < 1.29 is 18.9 Å². The Bertz CT molecular complexity index is 387. The molecule has 0 amide bonds. The summed E-state index contributed by atoms with van der Waals surface area (Å²) in [4.78, 5) is 0. The van der Waals surface area contributed by atoms with Gasteiger partial charge in [-0.2, -0.15) is 0 Å². The SMILES string of the molecule is BrCc1cc2c(cc1CBr)OCCOCCOCCO2. The summed E-state index contributed by atoms with van der Waals surface area (Å²) in [5.74, 6) is 1.52. The number of halogens is 2. The van der Waals surface area contributed by atoms with Gasteiger partial charge in [0.25, 0.3) is 0 Å². The first-order valence-electron chi connectivity index (χ1n) is 6.54. The second kappa shape index (κ2) is 8.87. The highest BCUT2D eigenvalue weighted by Crippen LogP contribution is 2.33. The van der Waals surface area contributed by atoms with Crippen molar-refractivity contribution in [3.05, 3.63) is 23.3 Å². The van der Waals surface area contributed by atoms with Gasteiger partial charge in [-0.05, 0) is 23.3 Å². The van der Waals surface area contributed by atoms with Crippen LogP contribution in [0.2, 0.25) is 0 Å². The topological polar surface area (TPSA) is 36.9 Å². The average molecular weight is 410 g/mol. The molecule has 0 aliphatic carbocycles. The molecule has 4 nitrogen and oxygen atoms in total. The summed E-state index contributed by atoms with van der Waals surface area (Å²) < 4.78 is 22.4. The zero-order chi connectivity index (χ0) is 14.2. The summed E-state index contributed by atoms with van der Waals surface area (Å²) in [6.45, 7) is 3.29. The molecule has 0 saturated carbocycles. The molecule has 1 heterocycles. The van der Waals surface area contributed by atoms with Gasteiger partial charge in [-0.3, -0.25) is 0 Å². The number of ether oxygens (including phenoxy) is 4. The quantitative estimate of drug-likeness (QED) is 0.702. The Morgan fingerprint density at radius 2 is 1.10 bits per heavy atom. The number of benzene rings is 1. The Hall–Kier alpha value is -0.300. The molecule has 0 saturated heterocycles. The highest BCUT2D eigenvalue weighted by atomic mass is 79.9. The van der Waals surface area contributed by atoms with Gasteiger partial charge in [0.1, 0.15) is 13.2 Å². The van der Waals surface area contributed by atoms with Gasteiger partial charge in [0.05, 0.1) is 26.4 Å². The molecule has 20 heavy (non-hydrogen) atoms. The van der Waals surface area contributed by atoms with Crippen LogP contribution in [0, 0.1) is 0 Å². The Labute approximate surface area is 136 Å². The molecule has 0 bridgehead atoms. The van der Waals surface area contributed by atoms with Gasteiger partial charge in [0.2, 0.25) is 0 Å². The van der Waals surface area contributed by atoms with Crippen molar-refractivity contribution in [1.82, 2.24) is 0 Å². The van der Waals surface area contributed by atoms with Gasteiger partial charge in [-0.1, -0.05) is 31.9 Å². The van der Waals surface area contributed by atoms with Gasteiger partial charge >= 0.3 is 0 Å². The molecule has 1 aromatic rings. The molecule has 0 radical (unpaired) electrons. The lowest BCUT2D eigenvalue weighted by Gasteiger charge is -2.17. The van der Waals surface area contributed by atoms with Crippen LogP contribution in [-0.4, -0.2) is 39.6 Å². The van der Waals surface area contributed by atoms with E-state index in [2.05, 4.69) is 31.9 Å². The van der Waals surface area contributed by atoms with E-state index < -0.39 is 0 Å². The van der Waals surface area contributed by atoms with Crippen LogP contribution in [0.5, 0.6) is 11.5 Å². The largest absolute Gasteiger partial charge is 0.487 e. The predicted octanol–water partition coefficient (Wildman–Crippen LogP) is 3.28. The van der Waals surface area contributed by atoms with Crippen molar-refractivity contribution in [3.63, 3.8) is 0 Å². The molecule has 0 spiro atoms. The number of alkyl halides is 2. The van der Waals surface area contributed by atoms with E-state index in [0.717, 1.165) is 22.2 Å². The van der Waals surface area contributed by atoms with Crippen LogP contribution in [0.15, 0.2) is 12.1 Å². The van der Waals surface area contributed by atoms with Gasteiger partial charge in [0.15, 0.2) is 11.5 Å². The lowest BCUT2D eigenvalue weighted by atomic mass is 10.1. The first-order chi connectivity index (χ1) is 9.85. The minimum atomic E-state index is 0.506. The summed E-state index contributed by atoms with van der Waals surface area (Å²) in [5.41, 5.74) is 2.38. The standard InChI is InChI=1S/C14H18Br2O4/c15-9-11-7-13-14(8-12(11)10-16)20-6-4-18-2-1-17-3-5-19-13/h7-8H,1-6,9-10H2. The normalized spacial score (nSPS) is 17.1. The summed E-state index contributed by atoms with van der Waals surface area (Å²) in [7, 11) is 0. The third-order valence-electron chi connectivity index (χ3n) is 2.90. The van der Waals surface area contributed by atoms with E-state index in [4.69, 9.17) is 18.9 Å². The lowest BCUT2D eigenvalue weighted by molar-refractivity contribution is 0.0223. The van der Waals surface area contributed by atoms with E-state index in [1.807, 2.05) is 12.1 Å². The van der Waals surface area contributed by atoms with Gasteiger partial charge < -0.3 is 18.9 Å². The average Bonchev–Trinajstić information content (AvgIpc) is 2.47. The molecule has 2 rings (SSSR count). The first kappa shape index (κ1) is 16.1. The Morgan fingerprint density at radius 1 is 0.700 bits per heavy atom. The zero-order valence-electron chi connectivity index (χ0n) is 11.2. The second-order valence-electron chi connectivity index (χ2n) is 4.26. The maximum atomic E-state index is 5.78. The first-order valence-corrected chi connectivity index (χ1v) is 8.78. The molecule has 112 valence electrons. The Morgan fingerprint density at radius 3 is 1.50 bits per heavy atom. The summed E-state index contributed by atoms with van der Waals surface area (Å²) in [6, 6.07) is 4.04. The third kappa shape index (κ3) is 4.62. The number of hydrogen-bond donors (Lipinski definition) is 0. The highest BCUT2D eigenvalue weighted by Gasteiger charge is 2.12. The van der Waals surface area contributed by atoms with E-state index in [1.165, 1.54) is 11.1 Å². The van der Waals surface area contributed by atoms with Crippen molar-refractivity contribution in [2.75, 3.05) is 39.6 Å². The van der Waals surface area contributed by atoms with Gasteiger partial charge in [-0.25, -0.2) is 0 Å². The van der Waals surface area contributed by atoms with Crippen molar-refractivity contribution in [2.24, 2.45) is 0 Å². The van der Waals surface area contributed by atoms with Crippen LogP contribution in [0.25, 0.3) is 0 Å². The third-order valence-corrected chi connectivity index (χ3v) is 4.10. The van der Waals surface area contributed by atoms with Crippen molar-refractivity contribution >= 4 is 31.9 Å². The summed E-state index contributed by atoms with van der Waals surface area (Å²) in [5, 5.41) is 1.56. The van der Waals surface area contributed by atoms with Gasteiger partial charge in [-0.15, -0.1) is 0 Å². The molecular weight excluding hydrogens is 392 g/mol. The zero-order valence-corrected chi connectivity index (χ0v) is 14.4. The molecule has 0 unspecified atom stereocenters. The fourth-order valence-electron chi connectivity index (χ4n) is 1.86. The van der Waals surface area contributed by atoms with Crippen LogP contribution in [0.4, 0.5) is 0 Å². The maximum Gasteiger partial charge on any atom is 0.161 e. The van der Waals surface area contributed by atoms with E-state index in [9.17, 15) is 0 Å². The van der Waals surface area contributed by atoms with E-state index in [-0.39, 0.29) is 0 Å². The van der Waals surface area contributed by atoms with Gasteiger partial charge in [0, 0.05) is 10.7 Å². The van der Waals surface area contributed by atoms with Crippen LogP contribution in [0.3, 0.4) is 0 Å². The minimum Gasteiger partial charge on any atom is -0.487 e. The molecule has 1 aromatic carbocycles. The number of rotatable bonds is 2. The Kier molecular flexibility index (Phi) is 7.13.